The third-order valence-electron chi connectivity index (χ3n) is 5.20. The van der Waals surface area contributed by atoms with Crippen LogP contribution in [-0.2, 0) is 16.0 Å². The topological polar surface area (TPSA) is 144 Å². The molecular weight excluding hydrogens is 378 g/mol. The molecule has 1 amide bonds. The Morgan fingerprint density at radius 2 is 1.93 bits per heavy atom. The molecule has 1 aromatic heterocycles. The highest BCUT2D eigenvalue weighted by molar-refractivity contribution is 5.96. The lowest BCUT2D eigenvalue weighted by atomic mass is 9.72. The summed E-state index contributed by atoms with van der Waals surface area (Å²) in [6, 6.07) is 9.20. The molecule has 29 heavy (non-hydrogen) atoms. The summed E-state index contributed by atoms with van der Waals surface area (Å²) in [4.78, 5) is 35.0. The molecule has 2 aromatic rings. The van der Waals surface area contributed by atoms with Gasteiger partial charge < -0.3 is 20.2 Å². The normalized spacial score (nSPS) is 21.1. The number of nitrogens with zero attached hydrogens (tertiary/aromatic N) is 2. The number of aromatic nitrogens is 2. The second-order valence-electron chi connectivity index (χ2n) is 7.07. The number of aliphatic hydroxyl groups is 1. The van der Waals surface area contributed by atoms with Gasteiger partial charge in [0.15, 0.2) is 0 Å². The highest BCUT2D eigenvalue weighted by atomic mass is 16.4. The van der Waals surface area contributed by atoms with Gasteiger partial charge in [-0.3, -0.25) is 19.5 Å². The van der Waals surface area contributed by atoms with Crippen molar-refractivity contribution in [1.29, 1.82) is 0 Å². The Morgan fingerprint density at radius 3 is 2.45 bits per heavy atom. The van der Waals surface area contributed by atoms with Gasteiger partial charge in [0.05, 0.1) is 17.4 Å². The number of hydrogen-bond donors (Lipinski definition) is 4. The van der Waals surface area contributed by atoms with Crippen molar-refractivity contribution < 1.29 is 29.7 Å². The summed E-state index contributed by atoms with van der Waals surface area (Å²) in [6.07, 6.45) is -0.631. The van der Waals surface area contributed by atoms with E-state index < -0.39 is 17.5 Å². The molecule has 2 heterocycles. The van der Waals surface area contributed by atoms with Crippen molar-refractivity contribution >= 4 is 18.3 Å². The smallest absolute Gasteiger partial charge is 0.314 e. The molecule has 4 N–H and O–H groups in total. The van der Waals surface area contributed by atoms with Gasteiger partial charge in [-0.05, 0) is 32.3 Å². The average Bonchev–Trinajstić information content (AvgIpc) is 3.02. The van der Waals surface area contributed by atoms with Crippen molar-refractivity contribution in [2.45, 2.75) is 32.8 Å². The average molecular weight is 403 g/mol. The summed E-state index contributed by atoms with van der Waals surface area (Å²) < 4.78 is 0. The summed E-state index contributed by atoms with van der Waals surface area (Å²) in [5.74, 6) is -1.34. The minimum atomic E-state index is -1.43. The molecule has 1 aromatic carbocycles. The molecular formula is C20H25N3O6. The van der Waals surface area contributed by atoms with Crippen molar-refractivity contribution in [2.24, 2.45) is 5.41 Å². The molecule has 1 aliphatic heterocycles. The predicted molar refractivity (Wildman–Crippen MR) is 103 cm³/mol. The van der Waals surface area contributed by atoms with Gasteiger partial charge >= 0.3 is 5.97 Å². The fourth-order valence-electron chi connectivity index (χ4n) is 3.70. The molecule has 2 atom stereocenters. The van der Waals surface area contributed by atoms with Gasteiger partial charge in [-0.1, -0.05) is 30.3 Å². The summed E-state index contributed by atoms with van der Waals surface area (Å²) >= 11 is 0. The molecule has 1 fully saturated rings. The lowest BCUT2D eigenvalue weighted by molar-refractivity contribution is -0.161. The van der Waals surface area contributed by atoms with E-state index in [1.807, 2.05) is 30.3 Å². The van der Waals surface area contributed by atoms with Crippen LogP contribution in [0.3, 0.4) is 0 Å². The highest BCUT2D eigenvalue weighted by Crippen LogP contribution is 2.35. The maximum Gasteiger partial charge on any atom is 0.314 e. The Labute approximate surface area is 168 Å². The predicted octanol–water partition coefficient (Wildman–Crippen LogP) is 1.25. The standard InChI is InChI=1S/C19H23N3O4.CH2O2/c1-12-16(13(2)21-20-12)17(24)22-9-8-15(23)19(11-22,18(25)26)10-14-6-4-3-5-7-14;2-1-3/h3-7,15,23H,8-11H2,1-2H3,(H,20,21)(H,25,26);1H,(H,2,3)/t15-,19-;/m1./s1. The number of piperidine rings is 1. The largest absolute Gasteiger partial charge is 0.483 e. The van der Waals surface area contributed by atoms with E-state index in [4.69, 9.17) is 9.90 Å². The number of amides is 1. The van der Waals surface area contributed by atoms with Crippen LogP contribution >= 0.6 is 0 Å². The van der Waals surface area contributed by atoms with E-state index in [1.54, 1.807) is 13.8 Å². The molecule has 9 heteroatoms. The Bertz CT molecular complexity index is 847. The number of nitrogens with one attached hydrogen (secondary N) is 1. The van der Waals surface area contributed by atoms with Crippen LogP contribution in [0.25, 0.3) is 0 Å². The zero-order valence-corrected chi connectivity index (χ0v) is 16.3. The van der Waals surface area contributed by atoms with E-state index in [0.717, 1.165) is 5.56 Å². The number of H-pyrrole nitrogens is 1. The second kappa shape index (κ2) is 9.33. The first-order valence-corrected chi connectivity index (χ1v) is 9.11. The fourth-order valence-corrected chi connectivity index (χ4v) is 3.70. The fraction of sp³-hybridized carbons (Fsp3) is 0.400. The molecule has 0 aliphatic carbocycles. The van der Waals surface area contributed by atoms with Gasteiger partial charge in [-0.15, -0.1) is 0 Å². The number of benzene rings is 1. The summed E-state index contributed by atoms with van der Waals surface area (Å²) in [6.45, 7) is 3.53. The number of aliphatic hydroxyl groups excluding tert-OH is 1. The van der Waals surface area contributed by atoms with Gasteiger partial charge in [0.25, 0.3) is 12.4 Å². The molecule has 156 valence electrons. The van der Waals surface area contributed by atoms with Crippen LogP contribution in [0.5, 0.6) is 0 Å². The van der Waals surface area contributed by atoms with E-state index in [1.165, 1.54) is 4.90 Å². The molecule has 0 bridgehead atoms. The summed E-state index contributed by atoms with van der Waals surface area (Å²) in [5.41, 5.74) is 1.10. The third-order valence-corrected chi connectivity index (χ3v) is 5.20. The van der Waals surface area contributed by atoms with E-state index in [-0.39, 0.29) is 31.8 Å². The molecule has 1 saturated heterocycles. The first-order valence-electron chi connectivity index (χ1n) is 9.11. The van der Waals surface area contributed by atoms with Crippen molar-refractivity contribution in [3.63, 3.8) is 0 Å². The number of aliphatic carboxylic acids is 1. The first-order chi connectivity index (χ1) is 13.8. The minimum absolute atomic E-state index is 0.0404. The number of likely N-dealkylation sites (tertiary alicyclic amines) is 1. The van der Waals surface area contributed by atoms with Crippen molar-refractivity contribution in [3.05, 3.63) is 52.8 Å². The van der Waals surface area contributed by atoms with Gasteiger partial charge in [-0.25, -0.2) is 0 Å². The van der Waals surface area contributed by atoms with Crippen LogP contribution < -0.4 is 0 Å². The molecule has 0 saturated carbocycles. The Hall–Kier alpha value is -3.20. The van der Waals surface area contributed by atoms with Crippen LogP contribution in [0.1, 0.15) is 33.7 Å². The highest BCUT2D eigenvalue weighted by Gasteiger charge is 2.50. The van der Waals surface area contributed by atoms with Crippen LogP contribution in [0.2, 0.25) is 0 Å². The number of aryl methyl sites for hydroxylation is 2. The number of hydrogen-bond acceptors (Lipinski definition) is 5. The third kappa shape index (κ3) is 4.62. The number of carboxylic acids is 1. The van der Waals surface area contributed by atoms with Crippen LogP contribution in [0.4, 0.5) is 0 Å². The summed E-state index contributed by atoms with van der Waals surface area (Å²) in [7, 11) is 0. The van der Waals surface area contributed by atoms with Crippen LogP contribution in [-0.4, -0.2) is 68.0 Å². The van der Waals surface area contributed by atoms with Crippen LogP contribution in [0.15, 0.2) is 30.3 Å². The monoisotopic (exact) mass is 403 g/mol. The van der Waals surface area contributed by atoms with Crippen molar-refractivity contribution in [1.82, 2.24) is 15.1 Å². The van der Waals surface area contributed by atoms with Gasteiger partial charge in [-0.2, -0.15) is 5.10 Å². The SMILES string of the molecule is Cc1n[nH]c(C)c1C(=O)N1CC[C@@H](O)[C@](Cc2ccccc2)(C(=O)O)C1.O=CO. The molecule has 0 unspecified atom stereocenters. The molecule has 9 nitrogen and oxygen atoms in total. The lowest BCUT2D eigenvalue weighted by Gasteiger charge is -2.43. The van der Waals surface area contributed by atoms with E-state index >= 15 is 0 Å². The van der Waals surface area contributed by atoms with E-state index in [9.17, 15) is 19.8 Å². The number of carbonyl (C=O) groups excluding carboxylic acids is 1. The number of carboxylic acid groups (broad SMARTS) is 2. The summed E-state index contributed by atoms with van der Waals surface area (Å²) in [5, 5.41) is 34.2. The van der Waals surface area contributed by atoms with E-state index in [2.05, 4.69) is 10.2 Å². The number of rotatable bonds is 4. The lowest BCUT2D eigenvalue weighted by Crippen LogP contribution is -2.58. The van der Waals surface area contributed by atoms with Gasteiger partial charge in [0.2, 0.25) is 0 Å². The molecule has 1 aliphatic rings. The Morgan fingerprint density at radius 1 is 1.31 bits per heavy atom. The maximum absolute atomic E-state index is 13.0. The quantitative estimate of drug-likeness (QED) is 0.562. The first kappa shape index (κ1) is 22.1. The molecule has 3 rings (SSSR count). The Kier molecular flexibility index (Phi) is 7.11. The van der Waals surface area contributed by atoms with Crippen molar-refractivity contribution in [2.75, 3.05) is 13.1 Å². The maximum atomic E-state index is 13.0. The second-order valence-corrected chi connectivity index (χ2v) is 7.07. The van der Waals surface area contributed by atoms with E-state index in [0.29, 0.717) is 23.5 Å². The minimum Gasteiger partial charge on any atom is -0.483 e. The Balaban J connectivity index is 0.000000941. The molecule has 0 radical (unpaired) electrons. The molecule has 0 spiro atoms. The van der Waals surface area contributed by atoms with Crippen molar-refractivity contribution in [3.8, 4) is 0 Å². The zero-order chi connectivity index (χ0) is 21.6. The number of aromatic amines is 1. The van der Waals surface area contributed by atoms with Gasteiger partial charge in [0, 0.05) is 18.8 Å². The van der Waals surface area contributed by atoms with Crippen LogP contribution in [0, 0.1) is 19.3 Å². The van der Waals surface area contributed by atoms with Gasteiger partial charge in [0.1, 0.15) is 5.41 Å². The zero-order valence-electron chi connectivity index (χ0n) is 16.3. The number of carbonyl (C=O) groups is 3.